The van der Waals surface area contributed by atoms with Gasteiger partial charge in [0.25, 0.3) is 0 Å². The van der Waals surface area contributed by atoms with Crippen LogP contribution in [0.5, 0.6) is 0 Å². The maximum absolute atomic E-state index is 12.7. The molecule has 7 heteroatoms. The molecule has 0 amide bonds. The van der Waals surface area contributed by atoms with Crippen LogP contribution < -0.4 is 5.32 Å². The maximum atomic E-state index is 12.7. The first-order valence-electron chi connectivity index (χ1n) is 7.42. The van der Waals surface area contributed by atoms with Crippen LogP contribution in [0.4, 0.5) is 0 Å². The highest BCUT2D eigenvalue weighted by Crippen LogP contribution is 2.25. The number of likely N-dealkylation sites (N-methyl/N-ethyl adjacent to an activating group) is 1. The molecule has 1 aromatic rings. The van der Waals surface area contributed by atoms with E-state index in [1.807, 2.05) is 19.2 Å². The number of hydrogen-bond donors (Lipinski definition) is 1. The molecule has 0 unspecified atom stereocenters. The topological polar surface area (TPSA) is 58.6 Å². The van der Waals surface area contributed by atoms with Crippen molar-refractivity contribution in [1.29, 1.82) is 0 Å². The Hall–Kier alpha value is -0.470. The lowest BCUT2D eigenvalue weighted by molar-refractivity contribution is 0.135. The summed E-state index contributed by atoms with van der Waals surface area (Å²) < 4.78 is 32.2. The van der Waals surface area contributed by atoms with Crippen LogP contribution in [0.1, 0.15) is 32.1 Å². The Morgan fingerprint density at radius 2 is 2.10 bits per heavy atom. The van der Waals surface area contributed by atoms with E-state index in [4.69, 9.17) is 4.74 Å². The Morgan fingerprint density at radius 3 is 2.71 bits per heavy atom. The van der Waals surface area contributed by atoms with Gasteiger partial charge in [0.15, 0.2) is 0 Å². The van der Waals surface area contributed by atoms with E-state index in [0.29, 0.717) is 37.7 Å². The van der Waals surface area contributed by atoms with E-state index >= 15 is 0 Å². The average molecular weight is 335 g/mol. The molecular weight excluding hydrogens is 308 g/mol. The molecule has 0 aliphatic carbocycles. The monoisotopic (exact) mass is 334 g/mol. The van der Waals surface area contributed by atoms with Crippen LogP contribution in [-0.2, 0) is 21.3 Å². The second-order valence-corrected chi connectivity index (χ2v) is 7.49. The largest absolute Gasteiger partial charge is 0.380 e. The smallest absolute Gasteiger partial charge is 0.244 e. The van der Waals surface area contributed by atoms with E-state index in [9.17, 15) is 8.42 Å². The molecular formula is C14H26N2O3S2. The number of rotatable bonds is 11. The van der Waals surface area contributed by atoms with Gasteiger partial charge in [0.05, 0.1) is 11.5 Å². The molecule has 0 radical (unpaired) electrons. The molecule has 21 heavy (non-hydrogen) atoms. The van der Waals surface area contributed by atoms with Crippen molar-refractivity contribution < 1.29 is 13.2 Å². The zero-order chi connectivity index (χ0) is 15.7. The van der Waals surface area contributed by atoms with Crippen molar-refractivity contribution in [1.82, 2.24) is 9.62 Å². The molecule has 0 aromatic carbocycles. The quantitative estimate of drug-likeness (QED) is 0.631. The summed E-state index contributed by atoms with van der Waals surface area (Å²) >= 11 is 1.48. The fourth-order valence-electron chi connectivity index (χ4n) is 1.96. The molecule has 1 aromatic heterocycles. The Bertz CT molecular complexity index is 500. The van der Waals surface area contributed by atoms with Crippen LogP contribution in [0.25, 0.3) is 0 Å². The van der Waals surface area contributed by atoms with Crippen LogP contribution in [0, 0.1) is 0 Å². The molecule has 0 saturated heterocycles. The van der Waals surface area contributed by atoms with E-state index in [0.717, 1.165) is 17.8 Å². The minimum Gasteiger partial charge on any atom is -0.380 e. The summed E-state index contributed by atoms with van der Waals surface area (Å²) in [5.74, 6) is 0. The number of nitrogens with one attached hydrogen (secondary N) is 1. The highest BCUT2D eigenvalue weighted by molar-refractivity contribution is 7.89. The maximum Gasteiger partial charge on any atom is 0.244 e. The second-order valence-electron chi connectivity index (χ2n) is 4.58. The number of nitrogens with zero attached hydrogens (tertiary/aromatic N) is 1. The van der Waals surface area contributed by atoms with Gasteiger partial charge < -0.3 is 10.1 Å². The molecule has 122 valence electrons. The number of ether oxygens (including phenoxy) is 1. The van der Waals surface area contributed by atoms with Gasteiger partial charge in [-0.05, 0) is 31.3 Å². The van der Waals surface area contributed by atoms with Crippen LogP contribution in [-0.4, -0.2) is 45.6 Å². The Labute approximate surface area is 132 Å². The third kappa shape index (κ3) is 5.34. The summed E-state index contributed by atoms with van der Waals surface area (Å²) in [7, 11) is -3.43. The second kappa shape index (κ2) is 9.53. The van der Waals surface area contributed by atoms with Crippen molar-refractivity contribution in [2.45, 2.75) is 38.6 Å². The van der Waals surface area contributed by atoms with Gasteiger partial charge in [-0.3, -0.25) is 0 Å². The minimum absolute atomic E-state index is 0.393. The van der Waals surface area contributed by atoms with E-state index < -0.39 is 10.0 Å². The van der Waals surface area contributed by atoms with Crippen molar-refractivity contribution in [3.05, 3.63) is 16.3 Å². The van der Waals surface area contributed by atoms with Crippen molar-refractivity contribution in [3.8, 4) is 0 Å². The Kier molecular flexibility index (Phi) is 8.43. The molecule has 1 heterocycles. The third-order valence-electron chi connectivity index (χ3n) is 3.08. The number of thiophene rings is 1. The van der Waals surface area contributed by atoms with Crippen molar-refractivity contribution in [2.24, 2.45) is 0 Å². The summed E-state index contributed by atoms with van der Waals surface area (Å²) in [6, 6.07) is 1.70. The average Bonchev–Trinajstić information content (AvgIpc) is 2.93. The standard InChI is InChI=1S/C14H26N2O3S2/c1-4-8-15-12-13-14(7-11-20-13)21(17,18)16(5-2)9-10-19-6-3/h7,11,15H,4-6,8-10,12H2,1-3H3. The predicted molar refractivity (Wildman–Crippen MR) is 87.2 cm³/mol. The number of sulfonamides is 1. The fraction of sp³-hybridized carbons (Fsp3) is 0.714. The summed E-state index contributed by atoms with van der Waals surface area (Å²) in [4.78, 5) is 1.30. The van der Waals surface area contributed by atoms with Crippen LogP contribution in [0.2, 0.25) is 0 Å². The van der Waals surface area contributed by atoms with Gasteiger partial charge in [-0.25, -0.2) is 8.42 Å². The fourth-order valence-corrected chi connectivity index (χ4v) is 4.78. The van der Waals surface area contributed by atoms with E-state index in [1.165, 1.54) is 15.6 Å². The third-order valence-corrected chi connectivity index (χ3v) is 6.19. The van der Waals surface area contributed by atoms with Gasteiger partial charge in [-0.2, -0.15) is 4.31 Å². The normalized spacial score (nSPS) is 12.2. The lowest BCUT2D eigenvalue weighted by atomic mass is 10.4. The van der Waals surface area contributed by atoms with E-state index in [-0.39, 0.29) is 0 Å². The SMILES string of the molecule is CCCNCc1sccc1S(=O)(=O)N(CC)CCOCC. The summed E-state index contributed by atoms with van der Waals surface area (Å²) in [5, 5.41) is 5.10. The molecule has 5 nitrogen and oxygen atoms in total. The van der Waals surface area contributed by atoms with Crippen LogP contribution >= 0.6 is 11.3 Å². The highest BCUT2D eigenvalue weighted by Gasteiger charge is 2.26. The lowest BCUT2D eigenvalue weighted by Crippen LogP contribution is -2.34. The van der Waals surface area contributed by atoms with E-state index in [2.05, 4.69) is 12.2 Å². The van der Waals surface area contributed by atoms with Crippen molar-refractivity contribution in [3.63, 3.8) is 0 Å². The van der Waals surface area contributed by atoms with Gasteiger partial charge in [0.1, 0.15) is 0 Å². The van der Waals surface area contributed by atoms with E-state index in [1.54, 1.807) is 6.07 Å². The van der Waals surface area contributed by atoms with Crippen LogP contribution in [0.15, 0.2) is 16.3 Å². The molecule has 0 aliphatic rings. The molecule has 0 saturated carbocycles. The predicted octanol–water partition coefficient (Wildman–Crippen LogP) is 2.29. The molecule has 1 N–H and O–H groups in total. The summed E-state index contributed by atoms with van der Waals surface area (Å²) in [6.07, 6.45) is 1.03. The highest BCUT2D eigenvalue weighted by atomic mass is 32.2. The number of hydrogen-bond acceptors (Lipinski definition) is 5. The lowest BCUT2D eigenvalue weighted by Gasteiger charge is -2.20. The van der Waals surface area contributed by atoms with Gasteiger partial charge in [0, 0.05) is 31.1 Å². The molecule has 0 aliphatic heterocycles. The van der Waals surface area contributed by atoms with Gasteiger partial charge in [0.2, 0.25) is 10.0 Å². The van der Waals surface area contributed by atoms with Gasteiger partial charge in [-0.15, -0.1) is 11.3 Å². The first kappa shape index (κ1) is 18.6. The van der Waals surface area contributed by atoms with Crippen molar-refractivity contribution >= 4 is 21.4 Å². The first-order valence-corrected chi connectivity index (χ1v) is 9.74. The minimum atomic E-state index is -3.43. The first-order chi connectivity index (χ1) is 10.1. The Balaban J connectivity index is 2.82. The molecule has 0 bridgehead atoms. The van der Waals surface area contributed by atoms with Crippen LogP contribution in [0.3, 0.4) is 0 Å². The van der Waals surface area contributed by atoms with Gasteiger partial charge >= 0.3 is 0 Å². The zero-order valence-electron chi connectivity index (χ0n) is 13.1. The summed E-state index contributed by atoms with van der Waals surface area (Å²) in [5.41, 5.74) is 0. The summed E-state index contributed by atoms with van der Waals surface area (Å²) in [6.45, 7) is 9.21. The molecule has 0 fully saturated rings. The molecule has 0 spiro atoms. The molecule has 0 atom stereocenters. The zero-order valence-corrected chi connectivity index (χ0v) is 14.7. The van der Waals surface area contributed by atoms with Crippen molar-refractivity contribution in [2.75, 3.05) is 32.8 Å². The Morgan fingerprint density at radius 1 is 1.33 bits per heavy atom. The molecule has 1 rings (SSSR count). The van der Waals surface area contributed by atoms with Gasteiger partial charge in [-0.1, -0.05) is 13.8 Å².